The highest BCUT2D eigenvalue weighted by Crippen LogP contribution is 2.25. The topological polar surface area (TPSA) is 58.4 Å². The third kappa shape index (κ3) is 3.72. The van der Waals surface area contributed by atoms with E-state index in [4.69, 9.17) is 4.42 Å². The Morgan fingerprint density at radius 1 is 1.11 bits per heavy atom. The number of nitrogens with zero attached hydrogens (tertiary/aromatic N) is 2. The van der Waals surface area contributed by atoms with Gasteiger partial charge in [-0.15, -0.1) is 0 Å². The van der Waals surface area contributed by atoms with Gasteiger partial charge in [-0.1, -0.05) is 38.1 Å². The molecular formula is C22H23N3O2. The first-order valence-corrected chi connectivity index (χ1v) is 9.29. The normalized spacial score (nSPS) is 13.5. The van der Waals surface area contributed by atoms with Gasteiger partial charge >= 0.3 is 6.03 Å². The van der Waals surface area contributed by atoms with Crippen LogP contribution in [0.5, 0.6) is 0 Å². The molecule has 2 aromatic carbocycles. The van der Waals surface area contributed by atoms with E-state index in [1.54, 1.807) is 6.20 Å². The molecule has 0 radical (unpaired) electrons. The molecule has 0 bridgehead atoms. The Morgan fingerprint density at radius 3 is 2.56 bits per heavy atom. The van der Waals surface area contributed by atoms with Crippen LogP contribution in [0.2, 0.25) is 0 Å². The number of nitrogens with one attached hydrogen (secondary N) is 1. The SMILES string of the molecule is CC(C)c1cnc(-c2ccc(NC(=O)N3CCc4ccccc4C3)cc2)o1. The number of rotatable bonds is 3. The molecule has 0 fully saturated rings. The van der Waals surface area contributed by atoms with Crippen molar-refractivity contribution < 1.29 is 9.21 Å². The molecule has 0 spiro atoms. The molecule has 1 N–H and O–H groups in total. The standard InChI is InChI=1S/C22H23N3O2/c1-15(2)20-13-23-21(27-20)17-7-9-19(10-8-17)24-22(26)25-12-11-16-5-3-4-6-18(16)14-25/h3-10,13,15H,11-12,14H2,1-2H3,(H,24,26). The van der Waals surface area contributed by atoms with Crippen molar-refractivity contribution in [2.75, 3.05) is 11.9 Å². The van der Waals surface area contributed by atoms with E-state index in [9.17, 15) is 4.79 Å². The number of carbonyl (C=O) groups excluding carboxylic acids is 1. The Hall–Kier alpha value is -3.08. The number of aromatic nitrogens is 1. The van der Waals surface area contributed by atoms with Crippen molar-refractivity contribution in [1.29, 1.82) is 0 Å². The molecule has 3 aromatic rings. The predicted octanol–water partition coefficient (Wildman–Crippen LogP) is 5.06. The van der Waals surface area contributed by atoms with Crippen LogP contribution in [0.1, 0.15) is 36.7 Å². The second kappa shape index (κ2) is 7.27. The third-order valence-electron chi connectivity index (χ3n) is 4.89. The molecule has 138 valence electrons. The first-order chi connectivity index (χ1) is 13.1. The van der Waals surface area contributed by atoms with E-state index in [-0.39, 0.29) is 6.03 Å². The molecule has 0 unspecified atom stereocenters. The minimum Gasteiger partial charge on any atom is -0.441 e. The zero-order chi connectivity index (χ0) is 18.8. The fourth-order valence-electron chi connectivity index (χ4n) is 3.25. The van der Waals surface area contributed by atoms with Crippen molar-refractivity contribution in [2.24, 2.45) is 0 Å². The summed E-state index contributed by atoms with van der Waals surface area (Å²) in [5, 5.41) is 2.98. The van der Waals surface area contributed by atoms with Crippen molar-refractivity contribution in [3.8, 4) is 11.5 Å². The maximum atomic E-state index is 12.6. The van der Waals surface area contributed by atoms with Crippen molar-refractivity contribution in [3.63, 3.8) is 0 Å². The molecule has 4 rings (SSSR count). The number of anilines is 1. The monoisotopic (exact) mass is 361 g/mol. The summed E-state index contributed by atoms with van der Waals surface area (Å²) in [6, 6.07) is 15.8. The van der Waals surface area contributed by atoms with Crippen LogP contribution >= 0.6 is 0 Å². The molecule has 0 atom stereocenters. The highest BCUT2D eigenvalue weighted by Gasteiger charge is 2.20. The second-order valence-corrected chi connectivity index (χ2v) is 7.17. The molecule has 2 amide bonds. The molecule has 0 saturated heterocycles. The lowest BCUT2D eigenvalue weighted by Gasteiger charge is -2.29. The average Bonchev–Trinajstić information content (AvgIpc) is 3.19. The minimum absolute atomic E-state index is 0.0736. The van der Waals surface area contributed by atoms with Gasteiger partial charge in [0.2, 0.25) is 5.89 Å². The fourth-order valence-corrected chi connectivity index (χ4v) is 3.25. The molecule has 5 nitrogen and oxygen atoms in total. The summed E-state index contributed by atoms with van der Waals surface area (Å²) >= 11 is 0. The lowest BCUT2D eigenvalue weighted by Crippen LogP contribution is -2.38. The predicted molar refractivity (Wildman–Crippen MR) is 106 cm³/mol. The molecule has 2 heterocycles. The number of oxazole rings is 1. The number of carbonyl (C=O) groups is 1. The van der Waals surface area contributed by atoms with Crippen LogP contribution in [0, 0.1) is 0 Å². The summed E-state index contributed by atoms with van der Waals surface area (Å²) in [4.78, 5) is 18.8. The van der Waals surface area contributed by atoms with Gasteiger partial charge in [-0.3, -0.25) is 0 Å². The van der Waals surface area contributed by atoms with Crippen LogP contribution < -0.4 is 5.32 Å². The molecule has 1 aliphatic rings. The summed E-state index contributed by atoms with van der Waals surface area (Å²) < 4.78 is 5.77. The van der Waals surface area contributed by atoms with Gasteiger partial charge in [0.05, 0.1) is 6.20 Å². The Morgan fingerprint density at radius 2 is 1.85 bits per heavy atom. The van der Waals surface area contributed by atoms with Crippen LogP contribution in [-0.2, 0) is 13.0 Å². The van der Waals surface area contributed by atoms with E-state index in [0.717, 1.165) is 30.0 Å². The van der Waals surface area contributed by atoms with Crippen molar-refractivity contribution in [2.45, 2.75) is 32.7 Å². The number of benzene rings is 2. The quantitative estimate of drug-likeness (QED) is 0.710. The third-order valence-corrected chi connectivity index (χ3v) is 4.89. The Balaban J connectivity index is 1.42. The molecule has 1 aromatic heterocycles. The summed E-state index contributed by atoms with van der Waals surface area (Å²) in [5.41, 5.74) is 4.21. The number of urea groups is 1. The summed E-state index contributed by atoms with van der Waals surface area (Å²) in [7, 11) is 0. The molecule has 1 aliphatic heterocycles. The van der Waals surface area contributed by atoms with E-state index in [0.29, 0.717) is 18.4 Å². The van der Waals surface area contributed by atoms with Gasteiger partial charge in [0.25, 0.3) is 0 Å². The highest BCUT2D eigenvalue weighted by molar-refractivity contribution is 5.89. The van der Waals surface area contributed by atoms with Gasteiger partial charge in [0.15, 0.2) is 0 Å². The lowest BCUT2D eigenvalue weighted by molar-refractivity contribution is 0.206. The molecule has 5 heteroatoms. The van der Waals surface area contributed by atoms with E-state index in [1.165, 1.54) is 11.1 Å². The van der Waals surface area contributed by atoms with Gasteiger partial charge in [0.1, 0.15) is 5.76 Å². The van der Waals surface area contributed by atoms with Crippen LogP contribution in [0.25, 0.3) is 11.5 Å². The number of fused-ring (bicyclic) bond motifs is 1. The Bertz CT molecular complexity index is 944. The van der Waals surface area contributed by atoms with Crippen LogP contribution in [0.4, 0.5) is 10.5 Å². The average molecular weight is 361 g/mol. The summed E-state index contributed by atoms with van der Waals surface area (Å²) in [5.74, 6) is 1.77. The van der Waals surface area contributed by atoms with Crippen molar-refractivity contribution >= 4 is 11.7 Å². The minimum atomic E-state index is -0.0736. The van der Waals surface area contributed by atoms with E-state index >= 15 is 0 Å². The second-order valence-electron chi connectivity index (χ2n) is 7.17. The number of hydrogen-bond donors (Lipinski definition) is 1. The first kappa shape index (κ1) is 17.3. The van der Waals surface area contributed by atoms with Crippen molar-refractivity contribution in [1.82, 2.24) is 9.88 Å². The largest absolute Gasteiger partial charge is 0.441 e. The van der Waals surface area contributed by atoms with Gasteiger partial charge in [-0.05, 0) is 41.8 Å². The van der Waals surface area contributed by atoms with Crippen LogP contribution in [0.15, 0.2) is 59.1 Å². The number of amides is 2. The van der Waals surface area contributed by atoms with E-state index in [1.807, 2.05) is 41.3 Å². The molecule has 27 heavy (non-hydrogen) atoms. The zero-order valence-corrected chi connectivity index (χ0v) is 15.6. The van der Waals surface area contributed by atoms with Crippen LogP contribution in [-0.4, -0.2) is 22.5 Å². The Kier molecular flexibility index (Phi) is 4.67. The van der Waals surface area contributed by atoms with Gasteiger partial charge in [-0.25, -0.2) is 9.78 Å². The fraction of sp³-hybridized carbons (Fsp3) is 0.273. The van der Waals surface area contributed by atoms with Gasteiger partial charge < -0.3 is 14.6 Å². The molecule has 0 aliphatic carbocycles. The van der Waals surface area contributed by atoms with Crippen LogP contribution in [0.3, 0.4) is 0 Å². The highest BCUT2D eigenvalue weighted by atomic mass is 16.4. The van der Waals surface area contributed by atoms with E-state index < -0.39 is 0 Å². The zero-order valence-electron chi connectivity index (χ0n) is 15.6. The lowest BCUT2D eigenvalue weighted by atomic mass is 10.0. The Labute approximate surface area is 159 Å². The smallest absolute Gasteiger partial charge is 0.322 e. The van der Waals surface area contributed by atoms with Gasteiger partial charge in [0, 0.05) is 30.3 Å². The van der Waals surface area contributed by atoms with E-state index in [2.05, 4.69) is 36.3 Å². The maximum absolute atomic E-state index is 12.6. The molecular weight excluding hydrogens is 338 g/mol. The van der Waals surface area contributed by atoms with Crippen molar-refractivity contribution in [3.05, 3.63) is 71.6 Å². The molecule has 0 saturated carbocycles. The summed E-state index contributed by atoms with van der Waals surface area (Å²) in [6.45, 7) is 5.52. The maximum Gasteiger partial charge on any atom is 0.322 e. The number of hydrogen-bond acceptors (Lipinski definition) is 3. The van der Waals surface area contributed by atoms with Gasteiger partial charge in [-0.2, -0.15) is 0 Å². The summed E-state index contributed by atoms with van der Waals surface area (Å²) in [6.07, 6.45) is 2.66. The first-order valence-electron chi connectivity index (χ1n) is 9.29.